The molecule has 0 N–H and O–H groups in total. The van der Waals surface area contributed by atoms with Crippen LogP contribution in [0.2, 0.25) is 0 Å². The van der Waals surface area contributed by atoms with Crippen LogP contribution in [0.15, 0.2) is 48.8 Å². The molecule has 0 amide bonds. The molecule has 4 aromatic rings. The lowest BCUT2D eigenvalue weighted by Gasteiger charge is -2.23. The molecule has 14 heteroatoms. The second-order valence-electron chi connectivity index (χ2n) is 8.50. The molecule has 0 aliphatic rings. The minimum Gasteiger partial charge on any atom is -0.494 e. The Hall–Kier alpha value is -4.17. The lowest BCUT2D eigenvalue weighted by Crippen LogP contribution is -2.30. The summed E-state index contributed by atoms with van der Waals surface area (Å²) in [4.78, 5) is 12.4. The van der Waals surface area contributed by atoms with Crippen molar-refractivity contribution in [3.8, 4) is 34.6 Å². The monoisotopic (exact) mass is 572 g/mol. The first-order valence-electron chi connectivity index (χ1n) is 12.2. The summed E-state index contributed by atoms with van der Waals surface area (Å²) in [7, 11) is 0.464. The number of hydrogen-bond acceptors (Lipinski definition) is 11. The van der Waals surface area contributed by atoms with Gasteiger partial charge in [0.1, 0.15) is 34.7 Å². The molecule has 0 spiro atoms. The molecule has 0 saturated carbocycles. The summed E-state index contributed by atoms with van der Waals surface area (Å²) in [6.45, 7) is 3.39. The van der Waals surface area contributed by atoms with Crippen LogP contribution in [-0.4, -0.2) is 71.3 Å². The number of benzene rings is 1. The van der Waals surface area contributed by atoms with Crippen molar-refractivity contribution < 1.29 is 31.8 Å². The van der Waals surface area contributed by atoms with Crippen molar-refractivity contribution in [1.29, 1.82) is 0 Å². The predicted octanol–water partition coefficient (Wildman–Crippen LogP) is 3.37. The Labute approximate surface area is 231 Å². The lowest BCUT2D eigenvalue weighted by atomic mass is 10.2. The van der Waals surface area contributed by atoms with Gasteiger partial charge in [-0.1, -0.05) is 12.1 Å². The summed E-state index contributed by atoms with van der Waals surface area (Å²) in [5.74, 6) is 0.286. The van der Waals surface area contributed by atoms with Crippen LogP contribution in [0, 0.1) is 5.82 Å². The Balaban J connectivity index is 1.85. The predicted molar refractivity (Wildman–Crippen MR) is 143 cm³/mol. The van der Waals surface area contributed by atoms with Crippen molar-refractivity contribution in [2.45, 2.75) is 31.0 Å². The van der Waals surface area contributed by atoms with Crippen LogP contribution in [0.5, 0.6) is 17.4 Å². The molecule has 0 aliphatic heterocycles. The molecule has 0 fully saturated rings. The van der Waals surface area contributed by atoms with E-state index in [2.05, 4.69) is 25.1 Å². The molecule has 40 heavy (non-hydrogen) atoms. The lowest BCUT2D eigenvalue weighted by molar-refractivity contribution is 0.0555. The quantitative estimate of drug-likeness (QED) is 0.247. The van der Waals surface area contributed by atoms with Gasteiger partial charge in [0.25, 0.3) is 0 Å². The molecular weight excluding hydrogens is 543 g/mol. The molecule has 3 heterocycles. The molecule has 0 bridgehead atoms. The number of pyridine rings is 1. The summed E-state index contributed by atoms with van der Waals surface area (Å²) in [6.07, 6.45) is 0.879. The van der Waals surface area contributed by atoms with Crippen LogP contribution < -0.4 is 14.2 Å². The van der Waals surface area contributed by atoms with Gasteiger partial charge in [0, 0.05) is 12.7 Å². The summed E-state index contributed by atoms with van der Waals surface area (Å²) in [5, 5.41) is 7.43. The van der Waals surface area contributed by atoms with E-state index in [4.69, 9.17) is 18.9 Å². The number of hydrogen-bond donors (Lipinski definition) is 0. The Morgan fingerprint density at radius 1 is 0.950 bits per heavy atom. The standard InChI is InChI=1S/C26H29FN6O6S/c1-6-39-24(25-28-13-17(27)14-29-25)16(2)40(34,35)15-21-31-32-26(18-9-7-12-22(30-18)38-5)33(21)23-19(36-3)10-8-11-20(23)37-4/h7-14,16,24H,6,15H2,1-5H3/t16-,24-/m0/s1. The zero-order valence-electron chi connectivity index (χ0n) is 22.6. The highest BCUT2D eigenvalue weighted by molar-refractivity contribution is 7.91. The topological polar surface area (TPSA) is 140 Å². The molecule has 12 nitrogen and oxygen atoms in total. The molecule has 0 unspecified atom stereocenters. The first-order valence-corrected chi connectivity index (χ1v) is 13.9. The van der Waals surface area contributed by atoms with Gasteiger partial charge in [-0.25, -0.2) is 27.8 Å². The first-order chi connectivity index (χ1) is 19.2. The van der Waals surface area contributed by atoms with Gasteiger partial charge in [-0.3, -0.25) is 4.57 Å². The van der Waals surface area contributed by atoms with E-state index in [-0.39, 0.29) is 24.1 Å². The molecule has 1 aromatic carbocycles. The Morgan fingerprint density at radius 3 is 2.20 bits per heavy atom. The largest absolute Gasteiger partial charge is 0.494 e. The number of rotatable bonds is 12. The minimum atomic E-state index is -3.99. The van der Waals surface area contributed by atoms with E-state index in [9.17, 15) is 12.8 Å². The van der Waals surface area contributed by atoms with Crippen molar-refractivity contribution in [2.75, 3.05) is 27.9 Å². The van der Waals surface area contributed by atoms with Gasteiger partial charge < -0.3 is 18.9 Å². The van der Waals surface area contributed by atoms with E-state index in [1.165, 1.54) is 32.8 Å². The van der Waals surface area contributed by atoms with Crippen LogP contribution in [0.25, 0.3) is 17.2 Å². The van der Waals surface area contributed by atoms with Crippen molar-refractivity contribution in [3.05, 3.63) is 66.3 Å². The fourth-order valence-corrected chi connectivity index (χ4v) is 5.47. The molecule has 0 aliphatic carbocycles. The van der Waals surface area contributed by atoms with Gasteiger partial charge in [0.05, 0.1) is 39.0 Å². The minimum absolute atomic E-state index is 0.0495. The maximum absolute atomic E-state index is 13.8. The summed E-state index contributed by atoms with van der Waals surface area (Å²) < 4.78 is 64.8. The van der Waals surface area contributed by atoms with E-state index >= 15 is 0 Å². The molecule has 3 aromatic heterocycles. The number of halogens is 1. The Bertz CT molecular complexity index is 1540. The van der Waals surface area contributed by atoms with Gasteiger partial charge in [0.2, 0.25) is 5.88 Å². The SMILES string of the molecule is CCO[C@H](c1ncc(F)cn1)[C@H](C)S(=O)(=O)Cc1nnc(-c2cccc(OC)n2)n1-c1c(OC)cccc1OC. The van der Waals surface area contributed by atoms with Crippen LogP contribution in [0.1, 0.15) is 31.6 Å². The highest BCUT2D eigenvalue weighted by Gasteiger charge is 2.36. The number of nitrogens with zero attached hydrogens (tertiary/aromatic N) is 6. The van der Waals surface area contributed by atoms with Crippen molar-refractivity contribution in [2.24, 2.45) is 0 Å². The van der Waals surface area contributed by atoms with E-state index in [0.717, 1.165) is 12.4 Å². The molecule has 212 valence electrons. The zero-order chi connectivity index (χ0) is 28.9. The average Bonchev–Trinajstić information content (AvgIpc) is 3.37. The summed E-state index contributed by atoms with van der Waals surface area (Å²) in [6, 6.07) is 10.3. The number of aromatic nitrogens is 6. The van der Waals surface area contributed by atoms with Crippen molar-refractivity contribution in [3.63, 3.8) is 0 Å². The third kappa shape index (κ3) is 5.87. The number of para-hydroxylation sites is 1. The van der Waals surface area contributed by atoms with E-state index in [0.29, 0.717) is 28.8 Å². The van der Waals surface area contributed by atoms with E-state index in [1.807, 2.05) is 0 Å². The van der Waals surface area contributed by atoms with E-state index < -0.39 is 32.8 Å². The second kappa shape index (κ2) is 12.3. The average molecular weight is 573 g/mol. The van der Waals surface area contributed by atoms with Crippen molar-refractivity contribution >= 4 is 9.84 Å². The number of methoxy groups -OCH3 is 3. The fraction of sp³-hybridized carbons (Fsp3) is 0.346. The second-order valence-corrected chi connectivity index (χ2v) is 10.9. The highest BCUT2D eigenvalue weighted by atomic mass is 32.2. The van der Waals surface area contributed by atoms with Crippen molar-refractivity contribution in [1.82, 2.24) is 29.7 Å². The Kier molecular flexibility index (Phi) is 8.90. The molecule has 2 atom stereocenters. The zero-order valence-corrected chi connectivity index (χ0v) is 23.4. The number of sulfone groups is 1. The van der Waals surface area contributed by atoms with Gasteiger partial charge >= 0.3 is 0 Å². The third-order valence-corrected chi connectivity index (χ3v) is 8.12. The fourth-order valence-electron chi connectivity index (χ4n) is 4.08. The maximum atomic E-state index is 13.8. The van der Waals surface area contributed by atoms with Crippen LogP contribution in [0.3, 0.4) is 0 Å². The Morgan fingerprint density at radius 2 is 1.60 bits per heavy atom. The molecular formula is C26H29FN6O6S. The van der Waals surface area contributed by atoms with Crippen LogP contribution in [0.4, 0.5) is 4.39 Å². The van der Waals surface area contributed by atoms with Crippen LogP contribution in [-0.2, 0) is 20.3 Å². The number of ether oxygens (including phenoxy) is 4. The summed E-state index contributed by atoms with van der Waals surface area (Å²) >= 11 is 0. The van der Waals surface area contributed by atoms with E-state index in [1.54, 1.807) is 43.3 Å². The van der Waals surface area contributed by atoms with Gasteiger partial charge in [-0.05, 0) is 32.0 Å². The smallest absolute Gasteiger partial charge is 0.213 e. The first kappa shape index (κ1) is 28.8. The molecule has 0 saturated heterocycles. The van der Waals surface area contributed by atoms with Gasteiger partial charge in [0.15, 0.2) is 33.1 Å². The van der Waals surface area contributed by atoms with Gasteiger partial charge in [-0.2, -0.15) is 0 Å². The normalized spacial score (nSPS) is 13.1. The molecule has 0 radical (unpaired) electrons. The van der Waals surface area contributed by atoms with Crippen LogP contribution >= 0.6 is 0 Å². The third-order valence-electron chi connectivity index (χ3n) is 6.08. The molecule has 4 rings (SSSR count). The highest BCUT2D eigenvalue weighted by Crippen LogP contribution is 2.37. The summed E-state index contributed by atoms with van der Waals surface area (Å²) in [5.41, 5.74) is 0.765. The van der Waals surface area contributed by atoms with Gasteiger partial charge in [-0.15, -0.1) is 10.2 Å². The maximum Gasteiger partial charge on any atom is 0.213 e.